The van der Waals surface area contributed by atoms with Crippen molar-refractivity contribution in [1.29, 1.82) is 0 Å². The van der Waals surface area contributed by atoms with Crippen molar-refractivity contribution in [3.8, 4) is 0 Å². The first-order valence-corrected chi connectivity index (χ1v) is 7.81. The lowest BCUT2D eigenvalue weighted by Gasteiger charge is -2.26. The van der Waals surface area contributed by atoms with E-state index in [2.05, 4.69) is 5.32 Å². The molecule has 128 valence electrons. The first-order valence-electron chi connectivity index (χ1n) is 7.81. The molecule has 0 spiro atoms. The summed E-state index contributed by atoms with van der Waals surface area (Å²) in [6.07, 6.45) is -0.717. The molecule has 0 atom stereocenters. The van der Waals surface area contributed by atoms with E-state index < -0.39 is 17.7 Å². The average molecular weight is 329 g/mol. The summed E-state index contributed by atoms with van der Waals surface area (Å²) in [5.74, 6) is 0. The Morgan fingerprint density at radius 1 is 1.12 bits per heavy atom. The highest BCUT2D eigenvalue weighted by molar-refractivity contribution is 6.05. The second-order valence-corrected chi connectivity index (χ2v) is 6.38. The van der Waals surface area contributed by atoms with Crippen LogP contribution >= 0.6 is 0 Å². The van der Waals surface area contributed by atoms with Crippen molar-refractivity contribution in [3.63, 3.8) is 0 Å². The molecule has 2 aromatic carbocycles. The number of hydrogen-bond acceptors (Lipinski definition) is 4. The molecule has 0 aromatic heterocycles. The molecule has 6 nitrogen and oxygen atoms in total. The van der Waals surface area contributed by atoms with Crippen molar-refractivity contribution in [3.05, 3.63) is 42.5 Å². The van der Waals surface area contributed by atoms with E-state index in [0.717, 1.165) is 15.7 Å². The van der Waals surface area contributed by atoms with Crippen LogP contribution in [0.2, 0.25) is 0 Å². The third kappa shape index (κ3) is 4.45. The van der Waals surface area contributed by atoms with E-state index in [1.54, 1.807) is 26.8 Å². The zero-order valence-electron chi connectivity index (χ0n) is 14.2. The van der Waals surface area contributed by atoms with E-state index in [0.29, 0.717) is 5.69 Å². The first kappa shape index (κ1) is 17.7. The Balaban J connectivity index is 2.22. The predicted molar refractivity (Wildman–Crippen MR) is 95.0 cm³/mol. The second kappa shape index (κ2) is 7.31. The van der Waals surface area contributed by atoms with Crippen LogP contribution in [0.25, 0.3) is 10.8 Å². The van der Waals surface area contributed by atoms with Gasteiger partial charge in [0.1, 0.15) is 5.60 Å². The van der Waals surface area contributed by atoms with Crippen LogP contribution < -0.4 is 11.1 Å². The number of nitrogens with one attached hydrogen (secondary N) is 1. The van der Waals surface area contributed by atoms with Gasteiger partial charge in [0.15, 0.2) is 0 Å². The third-order valence-electron chi connectivity index (χ3n) is 3.24. The van der Waals surface area contributed by atoms with Gasteiger partial charge in [-0.15, -0.1) is 0 Å². The summed E-state index contributed by atoms with van der Waals surface area (Å²) < 4.78 is 5.27. The van der Waals surface area contributed by atoms with Gasteiger partial charge in [0.05, 0.1) is 5.69 Å². The van der Waals surface area contributed by atoms with E-state index in [4.69, 9.17) is 10.5 Å². The Morgan fingerprint density at radius 3 is 2.46 bits per heavy atom. The van der Waals surface area contributed by atoms with Gasteiger partial charge in [-0.05, 0) is 32.2 Å². The monoisotopic (exact) mass is 329 g/mol. The van der Waals surface area contributed by atoms with Crippen molar-refractivity contribution < 1.29 is 14.3 Å². The van der Waals surface area contributed by atoms with Gasteiger partial charge < -0.3 is 15.8 Å². The minimum atomic E-state index is -0.717. The second-order valence-electron chi connectivity index (χ2n) is 6.38. The number of hydrogen-bond donors (Lipinski definition) is 2. The number of urea groups is 1. The van der Waals surface area contributed by atoms with Gasteiger partial charge >= 0.3 is 12.1 Å². The van der Waals surface area contributed by atoms with E-state index in [9.17, 15) is 9.59 Å². The Morgan fingerprint density at radius 2 is 1.79 bits per heavy atom. The van der Waals surface area contributed by atoms with Gasteiger partial charge in [-0.1, -0.05) is 36.4 Å². The van der Waals surface area contributed by atoms with Crippen molar-refractivity contribution in [2.75, 3.05) is 18.4 Å². The van der Waals surface area contributed by atoms with Crippen LogP contribution in [-0.2, 0) is 4.74 Å². The maximum atomic E-state index is 12.5. The molecule has 6 heteroatoms. The summed E-state index contributed by atoms with van der Waals surface area (Å²) in [4.78, 5) is 25.7. The number of rotatable bonds is 3. The maximum absolute atomic E-state index is 12.5. The fourth-order valence-corrected chi connectivity index (χ4v) is 2.24. The summed E-state index contributed by atoms with van der Waals surface area (Å²) in [7, 11) is 0. The Labute approximate surface area is 141 Å². The number of amides is 3. The smallest absolute Gasteiger partial charge is 0.418 e. The van der Waals surface area contributed by atoms with Gasteiger partial charge in [-0.25, -0.2) is 14.5 Å². The molecule has 0 aliphatic carbocycles. The lowest BCUT2D eigenvalue weighted by atomic mass is 10.1. The minimum Gasteiger partial charge on any atom is -0.443 e. The molecule has 0 unspecified atom stereocenters. The summed E-state index contributed by atoms with van der Waals surface area (Å²) in [5.41, 5.74) is 5.46. The van der Waals surface area contributed by atoms with Crippen LogP contribution in [0.3, 0.4) is 0 Å². The topological polar surface area (TPSA) is 84.7 Å². The Bertz CT molecular complexity index is 732. The lowest BCUT2D eigenvalue weighted by molar-refractivity contribution is 0.0337. The van der Waals surface area contributed by atoms with Gasteiger partial charge in [0.2, 0.25) is 0 Å². The number of benzene rings is 2. The van der Waals surface area contributed by atoms with E-state index in [1.165, 1.54) is 0 Å². The van der Waals surface area contributed by atoms with Crippen LogP contribution in [0.5, 0.6) is 0 Å². The highest BCUT2D eigenvalue weighted by atomic mass is 16.6. The lowest BCUT2D eigenvalue weighted by Crippen LogP contribution is -2.45. The Kier molecular flexibility index (Phi) is 5.41. The molecule has 24 heavy (non-hydrogen) atoms. The highest BCUT2D eigenvalue weighted by Crippen LogP contribution is 2.23. The molecule has 0 fully saturated rings. The van der Waals surface area contributed by atoms with Crippen LogP contribution in [0, 0.1) is 0 Å². The van der Waals surface area contributed by atoms with Crippen LogP contribution in [0.4, 0.5) is 15.3 Å². The fraction of sp³-hybridized carbons (Fsp3) is 0.333. The van der Waals surface area contributed by atoms with Crippen molar-refractivity contribution in [2.24, 2.45) is 5.73 Å². The average Bonchev–Trinajstić information content (AvgIpc) is 2.51. The summed E-state index contributed by atoms with van der Waals surface area (Å²) in [5, 5.41) is 4.66. The summed E-state index contributed by atoms with van der Waals surface area (Å²) in [6.45, 7) is 5.46. The molecule has 0 aliphatic rings. The molecule has 0 radical (unpaired) electrons. The van der Waals surface area contributed by atoms with E-state index in [-0.39, 0.29) is 13.1 Å². The quantitative estimate of drug-likeness (QED) is 0.901. The molecule has 0 heterocycles. The molecular formula is C18H23N3O3. The standard InChI is InChI=1S/C18H23N3O3/c1-18(2,3)24-17(23)21(12-11-19)16(22)20-15-10-6-8-13-7-4-5-9-14(13)15/h4-10H,11-12,19H2,1-3H3,(H,20,22). The Hall–Kier alpha value is -2.60. The largest absolute Gasteiger partial charge is 0.443 e. The normalized spacial score (nSPS) is 11.2. The molecule has 0 aliphatic heterocycles. The molecule has 2 aromatic rings. The van der Waals surface area contributed by atoms with E-state index in [1.807, 2.05) is 36.4 Å². The zero-order chi connectivity index (χ0) is 17.7. The van der Waals surface area contributed by atoms with Gasteiger partial charge in [0.25, 0.3) is 0 Å². The number of carbonyl (C=O) groups excluding carboxylic acids is 2. The number of nitrogens with two attached hydrogens (primary N) is 1. The summed E-state index contributed by atoms with van der Waals surface area (Å²) >= 11 is 0. The molecule has 0 saturated heterocycles. The SMILES string of the molecule is CC(C)(C)OC(=O)N(CCN)C(=O)Nc1cccc2ccccc12. The third-order valence-corrected chi connectivity index (χ3v) is 3.24. The number of fused-ring (bicyclic) bond motifs is 1. The summed E-state index contributed by atoms with van der Waals surface area (Å²) in [6, 6.07) is 12.7. The van der Waals surface area contributed by atoms with Gasteiger partial charge in [-0.3, -0.25) is 0 Å². The van der Waals surface area contributed by atoms with Crippen LogP contribution in [0.15, 0.2) is 42.5 Å². The predicted octanol–water partition coefficient (Wildman–Crippen LogP) is 3.57. The van der Waals surface area contributed by atoms with Crippen molar-refractivity contribution in [2.45, 2.75) is 26.4 Å². The van der Waals surface area contributed by atoms with E-state index >= 15 is 0 Å². The minimum absolute atomic E-state index is 0.0749. The molecule has 3 amide bonds. The van der Waals surface area contributed by atoms with Crippen LogP contribution in [-0.4, -0.2) is 35.7 Å². The molecule has 0 bridgehead atoms. The number of nitrogens with zero attached hydrogens (tertiary/aromatic N) is 1. The van der Waals surface area contributed by atoms with Crippen molar-refractivity contribution in [1.82, 2.24) is 4.90 Å². The fourth-order valence-electron chi connectivity index (χ4n) is 2.24. The molecule has 0 saturated carbocycles. The van der Waals surface area contributed by atoms with Gasteiger partial charge in [-0.2, -0.15) is 0 Å². The first-order chi connectivity index (χ1) is 11.3. The molecule has 2 rings (SSSR count). The molecular weight excluding hydrogens is 306 g/mol. The van der Waals surface area contributed by atoms with Crippen LogP contribution in [0.1, 0.15) is 20.8 Å². The number of ether oxygens (including phenoxy) is 1. The molecule has 3 N–H and O–H groups in total. The number of anilines is 1. The zero-order valence-corrected chi connectivity index (χ0v) is 14.2. The number of imide groups is 1. The number of carbonyl (C=O) groups is 2. The highest BCUT2D eigenvalue weighted by Gasteiger charge is 2.27. The maximum Gasteiger partial charge on any atom is 0.418 e. The van der Waals surface area contributed by atoms with Crippen molar-refractivity contribution >= 4 is 28.6 Å². The van der Waals surface area contributed by atoms with Gasteiger partial charge in [0, 0.05) is 18.5 Å².